The van der Waals surface area contributed by atoms with Gasteiger partial charge < -0.3 is 9.64 Å². The summed E-state index contributed by atoms with van der Waals surface area (Å²) in [5.41, 5.74) is 0. The lowest BCUT2D eigenvalue weighted by molar-refractivity contribution is -0.130. The summed E-state index contributed by atoms with van der Waals surface area (Å²) >= 11 is 3.16. The van der Waals surface area contributed by atoms with Gasteiger partial charge in [-0.05, 0) is 34.1 Å². The van der Waals surface area contributed by atoms with Crippen molar-refractivity contribution in [2.75, 3.05) is 20.7 Å². The third-order valence-corrected chi connectivity index (χ3v) is 3.61. The Bertz CT molecular complexity index is 557. The first-order valence-corrected chi connectivity index (χ1v) is 7.21. The molecule has 1 rings (SSSR count). The first kappa shape index (κ1) is 14.9. The highest BCUT2D eigenvalue weighted by Crippen LogP contribution is 2.27. The van der Waals surface area contributed by atoms with Gasteiger partial charge in [0.1, 0.15) is 5.75 Å². The molecule has 1 aromatic rings. The Kier molecular flexibility index (Phi) is 4.71. The Hall–Kier alpha value is -1.12. The molecule has 2 N–H and O–H groups in total. The number of primary sulfonamides is 1. The van der Waals surface area contributed by atoms with E-state index in [4.69, 9.17) is 9.88 Å². The minimum atomic E-state index is -3.75. The number of ether oxygens (including phenoxy) is 1. The lowest BCUT2D eigenvalue weighted by Crippen LogP contribution is -2.27. The molecule has 0 saturated carbocycles. The zero-order valence-electron chi connectivity index (χ0n) is 9.88. The molecule has 0 aromatic heterocycles. The highest BCUT2D eigenvalue weighted by molar-refractivity contribution is 9.10. The molecular formula is C10H13BrN2O4S. The first-order chi connectivity index (χ1) is 8.21. The van der Waals surface area contributed by atoms with E-state index in [2.05, 4.69) is 15.9 Å². The van der Waals surface area contributed by atoms with Crippen molar-refractivity contribution in [3.8, 4) is 5.75 Å². The molecule has 0 radical (unpaired) electrons. The largest absolute Gasteiger partial charge is 0.483 e. The average Bonchev–Trinajstić information content (AvgIpc) is 2.25. The Morgan fingerprint density at radius 3 is 2.50 bits per heavy atom. The molecule has 18 heavy (non-hydrogen) atoms. The molecule has 0 heterocycles. The van der Waals surface area contributed by atoms with Crippen molar-refractivity contribution in [3.63, 3.8) is 0 Å². The maximum absolute atomic E-state index is 11.3. The van der Waals surface area contributed by atoms with E-state index in [9.17, 15) is 13.2 Å². The molecule has 0 atom stereocenters. The fraction of sp³-hybridized carbons (Fsp3) is 0.300. The molecule has 0 fully saturated rings. The van der Waals surface area contributed by atoms with Crippen molar-refractivity contribution in [2.24, 2.45) is 5.14 Å². The number of nitrogens with zero attached hydrogens (tertiary/aromatic N) is 1. The number of benzene rings is 1. The predicted molar refractivity (Wildman–Crippen MR) is 69.7 cm³/mol. The van der Waals surface area contributed by atoms with Gasteiger partial charge in [-0.15, -0.1) is 0 Å². The van der Waals surface area contributed by atoms with Gasteiger partial charge in [-0.3, -0.25) is 4.79 Å². The maximum Gasteiger partial charge on any atom is 0.259 e. The third-order valence-electron chi connectivity index (χ3n) is 2.08. The van der Waals surface area contributed by atoms with Crippen molar-refractivity contribution < 1.29 is 17.9 Å². The molecule has 0 bridgehead atoms. The predicted octanol–water partition coefficient (Wildman–Crippen LogP) is 0.564. The van der Waals surface area contributed by atoms with Crippen molar-refractivity contribution in [3.05, 3.63) is 22.7 Å². The summed E-state index contributed by atoms with van der Waals surface area (Å²) in [4.78, 5) is 12.7. The van der Waals surface area contributed by atoms with Crippen LogP contribution in [0, 0.1) is 0 Å². The molecule has 8 heteroatoms. The van der Waals surface area contributed by atoms with E-state index in [0.717, 1.165) is 0 Å². The van der Waals surface area contributed by atoms with Crippen LogP contribution in [0.4, 0.5) is 0 Å². The number of rotatable bonds is 4. The van der Waals surface area contributed by atoms with Crippen molar-refractivity contribution in [1.82, 2.24) is 4.90 Å². The number of sulfonamides is 1. The smallest absolute Gasteiger partial charge is 0.259 e. The van der Waals surface area contributed by atoms with E-state index in [-0.39, 0.29) is 17.4 Å². The number of nitrogens with two attached hydrogens (primary N) is 1. The molecular weight excluding hydrogens is 324 g/mol. The Morgan fingerprint density at radius 1 is 1.44 bits per heavy atom. The van der Waals surface area contributed by atoms with Gasteiger partial charge in [0.2, 0.25) is 10.0 Å². The van der Waals surface area contributed by atoms with Crippen LogP contribution in [0.2, 0.25) is 0 Å². The number of carbonyl (C=O) groups excluding carboxylic acids is 1. The van der Waals surface area contributed by atoms with Gasteiger partial charge in [0, 0.05) is 14.1 Å². The molecule has 0 aliphatic carbocycles. The normalized spacial score (nSPS) is 11.1. The van der Waals surface area contributed by atoms with Gasteiger partial charge in [-0.25, -0.2) is 13.6 Å². The van der Waals surface area contributed by atoms with Crippen LogP contribution in [0.1, 0.15) is 0 Å². The lowest BCUT2D eigenvalue weighted by Gasteiger charge is -2.12. The molecule has 100 valence electrons. The van der Waals surface area contributed by atoms with Crippen molar-refractivity contribution in [1.29, 1.82) is 0 Å². The second kappa shape index (κ2) is 5.68. The van der Waals surface area contributed by atoms with Crippen LogP contribution in [-0.2, 0) is 14.8 Å². The van der Waals surface area contributed by atoms with Gasteiger partial charge >= 0.3 is 0 Å². The third kappa shape index (κ3) is 3.97. The van der Waals surface area contributed by atoms with Crippen LogP contribution in [0.15, 0.2) is 27.6 Å². The number of hydrogen-bond acceptors (Lipinski definition) is 4. The van der Waals surface area contributed by atoms with E-state index < -0.39 is 10.0 Å². The van der Waals surface area contributed by atoms with Crippen LogP contribution in [0.5, 0.6) is 5.75 Å². The summed E-state index contributed by atoms with van der Waals surface area (Å²) in [5.74, 6) is 0.176. The summed E-state index contributed by atoms with van der Waals surface area (Å²) in [6.45, 7) is -0.125. The maximum atomic E-state index is 11.3. The zero-order valence-corrected chi connectivity index (χ0v) is 12.3. The number of likely N-dealkylation sites (N-methyl/N-ethyl adjacent to an activating group) is 1. The van der Waals surface area contributed by atoms with Crippen LogP contribution >= 0.6 is 15.9 Å². The number of amides is 1. The Balaban J connectivity index is 2.84. The SMILES string of the molecule is CN(C)C(=O)COc1ccc(S(N)(=O)=O)cc1Br. The number of carbonyl (C=O) groups is 1. The van der Waals surface area contributed by atoms with Gasteiger partial charge in [-0.1, -0.05) is 0 Å². The minimum absolute atomic E-state index is 0.0272. The van der Waals surface area contributed by atoms with Gasteiger partial charge in [0.25, 0.3) is 5.91 Å². The molecule has 0 unspecified atom stereocenters. The number of halogens is 1. The fourth-order valence-corrected chi connectivity index (χ4v) is 2.23. The van der Waals surface area contributed by atoms with Crippen LogP contribution in [-0.4, -0.2) is 39.9 Å². The molecule has 1 aromatic carbocycles. The average molecular weight is 337 g/mol. The van der Waals surface area contributed by atoms with E-state index in [1.165, 1.54) is 23.1 Å². The van der Waals surface area contributed by atoms with Gasteiger partial charge in [0.05, 0.1) is 9.37 Å². The summed E-state index contributed by atoms with van der Waals surface area (Å²) in [6, 6.07) is 4.08. The summed E-state index contributed by atoms with van der Waals surface area (Å²) < 4.78 is 27.9. The molecule has 0 aliphatic rings. The summed E-state index contributed by atoms with van der Waals surface area (Å²) in [7, 11) is -0.516. The molecule has 0 aliphatic heterocycles. The van der Waals surface area contributed by atoms with Gasteiger partial charge in [-0.2, -0.15) is 0 Å². The zero-order chi connectivity index (χ0) is 13.9. The molecule has 1 amide bonds. The summed E-state index contributed by atoms with van der Waals surface area (Å²) in [5, 5.41) is 4.99. The van der Waals surface area contributed by atoms with Gasteiger partial charge in [0.15, 0.2) is 6.61 Å². The molecule has 0 spiro atoms. The van der Waals surface area contributed by atoms with E-state index >= 15 is 0 Å². The van der Waals surface area contributed by atoms with Crippen LogP contribution < -0.4 is 9.88 Å². The highest BCUT2D eigenvalue weighted by Gasteiger charge is 2.12. The van der Waals surface area contributed by atoms with Crippen molar-refractivity contribution >= 4 is 31.9 Å². The standard InChI is InChI=1S/C10H13BrN2O4S/c1-13(2)10(14)6-17-9-4-3-7(5-8(9)11)18(12,15)16/h3-5H,6H2,1-2H3,(H2,12,15,16). The highest BCUT2D eigenvalue weighted by atomic mass is 79.9. The second-order valence-electron chi connectivity index (χ2n) is 3.71. The lowest BCUT2D eigenvalue weighted by atomic mass is 10.3. The minimum Gasteiger partial charge on any atom is -0.483 e. The van der Waals surface area contributed by atoms with Crippen LogP contribution in [0.3, 0.4) is 0 Å². The van der Waals surface area contributed by atoms with E-state index in [0.29, 0.717) is 10.2 Å². The topological polar surface area (TPSA) is 89.7 Å². The fourth-order valence-electron chi connectivity index (χ4n) is 1.04. The Morgan fingerprint density at radius 2 is 2.06 bits per heavy atom. The first-order valence-electron chi connectivity index (χ1n) is 4.87. The quantitative estimate of drug-likeness (QED) is 0.869. The summed E-state index contributed by atoms with van der Waals surface area (Å²) in [6.07, 6.45) is 0. The number of hydrogen-bond donors (Lipinski definition) is 1. The second-order valence-corrected chi connectivity index (χ2v) is 6.13. The van der Waals surface area contributed by atoms with Crippen molar-refractivity contribution in [2.45, 2.75) is 4.90 Å². The monoisotopic (exact) mass is 336 g/mol. The molecule has 0 saturated heterocycles. The Labute approximate surface area is 114 Å². The van der Waals surface area contributed by atoms with E-state index in [1.807, 2.05) is 0 Å². The molecule has 6 nitrogen and oxygen atoms in total. The van der Waals surface area contributed by atoms with Crippen LogP contribution in [0.25, 0.3) is 0 Å². The van der Waals surface area contributed by atoms with E-state index in [1.54, 1.807) is 14.1 Å².